The van der Waals surface area contributed by atoms with Crippen molar-refractivity contribution >= 4 is 5.91 Å². The highest BCUT2D eigenvalue weighted by molar-refractivity contribution is 5.94. The SMILES string of the molecule is COCC(O)N1CCc2[nH]nc(C(=O)N3CCC(c4ccccc4C(F)(F)F)CC3)c2C1. The molecule has 2 N–H and O–H groups in total. The number of nitrogens with zero attached hydrogens (tertiary/aromatic N) is 3. The fourth-order valence-corrected chi connectivity index (χ4v) is 4.66. The molecule has 7 nitrogen and oxygen atoms in total. The summed E-state index contributed by atoms with van der Waals surface area (Å²) in [6.45, 7) is 1.91. The third-order valence-electron chi connectivity index (χ3n) is 6.39. The van der Waals surface area contributed by atoms with Gasteiger partial charge in [-0.2, -0.15) is 18.3 Å². The third-order valence-corrected chi connectivity index (χ3v) is 6.39. The number of halogens is 3. The molecule has 0 aliphatic carbocycles. The largest absolute Gasteiger partial charge is 0.416 e. The first-order chi connectivity index (χ1) is 15.3. The first kappa shape index (κ1) is 22.8. The zero-order chi connectivity index (χ0) is 22.9. The van der Waals surface area contributed by atoms with Gasteiger partial charge in [0, 0.05) is 51.0 Å². The van der Waals surface area contributed by atoms with Crippen molar-refractivity contribution < 1.29 is 27.8 Å². The van der Waals surface area contributed by atoms with Gasteiger partial charge in [-0.05, 0) is 30.4 Å². The molecule has 1 amide bonds. The number of rotatable bonds is 5. The number of piperidine rings is 1. The molecule has 174 valence electrons. The van der Waals surface area contributed by atoms with Crippen molar-refractivity contribution in [3.8, 4) is 0 Å². The molecule has 10 heteroatoms. The number of aliphatic hydroxyl groups excluding tert-OH is 1. The van der Waals surface area contributed by atoms with Gasteiger partial charge in [-0.3, -0.25) is 14.8 Å². The van der Waals surface area contributed by atoms with Crippen LogP contribution in [0.25, 0.3) is 0 Å². The first-order valence-corrected chi connectivity index (χ1v) is 10.7. The number of H-pyrrole nitrogens is 1. The van der Waals surface area contributed by atoms with E-state index in [1.165, 1.54) is 19.2 Å². The molecule has 1 unspecified atom stereocenters. The van der Waals surface area contributed by atoms with E-state index in [1.807, 2.05) is 4.90 Å². The minimum Gasteiger partial charge on any atom is -0.381 e. The molecule has 2 aliphatic rings. The first-order valence-electron chi connectivity index (χ1n) is 10.7. The smallest absolute Gasteiger partial charge is 0.381 e. The number of methoxy groups -OCH3 is 1. The number of aromatic amines is 1. The van der Waals surface area contributed by atoms with Gasteiger partial charge in [0.1, 0.15) is 6.23 Å². The molecule has 4 rings (SSSR count). The van der Waals surface area contributed by atoms with Crippen LogP contribution >= 0.6 is 0 Å². The van der Waals surface area contributed by atoms with Crippen molar-refractivity contribution in [2.45, 2.75) is 44.1 Å². The number of ether oxygens (including phenoxy) is 1. The monoisotopic (exact) mass is 452 g/mol. The molecule has 1 aromatic heterocycles. The third kappa shape index (κ3) is 4.53. The summed E-state index contributed by atoms with van der Waals surface area (Å²) in [4.78, 5) is 16.7. The van der Waals surface area contributed by atoms with Crippen molar-refractivity contribution in [2.24, 2.45) is 0 Å². The van der Waals surface area contributed by atoms with E-state index in [9.17, 15) is 23.1 Å². The number of aliphatic hydroxyl groups is 1. The van der Waals surface area contributed by atoms with Gasteiger partial charge in [0.05, 0.1) is 12.2 Å². The van der Waals surface area contributed by atoms with E-state index >= 15 is 0 Å². The summed E-state index contributed by atoms with van der Waals surface area (Å²) in [5, 5.41) is 17.4. The summed E-state index contributed by atoms with van der Waals surface area (Å²) < 4.78 is 45.2. The van der Waals surface area contributed by atoms with Crippen LogP contribution in [0.4, 0.5) is 13.2 Å². The molecule has 0 spiro atoms. The number of amides is 1. The maximum Gasteiger partial charge on any atom is 0.416 e. The van der Waals surface area contributed by atoms with Crippen molar-refractivity contribution in [1.29, 1.82) is 0 Å². The molecule has 0 bridgehead atoms. The Balaban J connectivity index is 1.44. The second-order valence-electron chi connectivity index (χ2n) is 8.34. The molecular formula is C22H27F3N4O3. The molecule has 1 atom stereocenters. The van der Waals surface area contributed by atoms with E-state index in [0.29, 0.717) is 56.7 Å². The minimum atomic E-state index is -4.39. The highest BCUT2D eigenvalue weighted by atomic mass is 19.4. The molecule has 1 aromatic carbocycles. The number of carbonyl (C=O) groups is 1. The second kappa shape index (κ2) is 9.21. The summed E-state index contributed by atoms with van der Waals surface area (Å²) in [6, 6.07) is 5.68. The van der Waals surface area contributed by atoms with E-state index in [0.717, 1.165) is 17.3 Å². The summed E-state index contributed by atoms with van der Waals surface area (Å²) >= 11 is 0. The number of carbonyl (C=O) groups excluding carboxylic acids is 1. The average Bonchev–Trinajstić information content (AvgIpc) is 3.21. The van der Waals surface area contributed by atoms with Gasteiger partial charge in [0.2, 0.25) is 0 Å². The molecular weight excluding hydrogens is 425 g/mol. The topological polar surface area (TPSA) is 81.7 Å². The molecule has 3 heterocycles. The van der Waals surface area contributed by atoms with Gasteiger partial charge in [0.15, 0.2) is 5.69 Å². The van der Waals surface area contributed by atoms with Gasteiger partial charge in [-0.1, -0.05) is 18.2 Å². The number of nitrogens with one attached hydrogen (secondary N) is 1. The number of hydrogen-bond acceptors (Lipinski definition) is 5. The molecule has 0 radical (unpaired) electrons. The van der Waals surface area contributed by atoms with E-state index in [4.69, 9.17) is 4.74 Å². The highest BCUT2D eigenvalue weighted by Crippen LogP contribution is 2.38. The number of aromatic nitrogens is 2. The molecule has 1 fully saturated rings. The number of alkyl halides is 3. The maximum absolute atomic E-state index is 13.4. The van der Waals surface area contributed by atoms with Crippen LogP contribution in [0.15, 0.2) is 24.3 Å². The Morgan fingerprint density at radius 2 is 2.00 bits per heavy atom. The van der Waals surface area contributed by atoms with Crippen LogP contribution in [0.3, 0.4) is 0 Å². The van der Waals surface area contributed by atoms with Crippen molar-refractivity contribution in [2.75, 3.05) is 33.4 Å². The lowest BCUT2D eigenvalue weighted by Crippen LogP contribution is -2.43. The average molecular weight is 452 g/mol. The fraction of sp³-hybridized carbons (Fsp3) is 0.545. The summed E-state index contributed by atoms with van der Waals surface area (Å²) in [6.07, 6.45) is -3.60. The van der Waals surface area contributed by atoms with E-state index in [1.54, 1.807) is 11.0 Å². The lowest BCUT2D eigenvalue weighted by Gasteiger charge is -2.34. The van der Waals surface area contributed by atoms with Gasteiger partial charge in [-0.25, -0.2) is 0 Å². The molecule has 32 heavy (non-hydrogen) atoms. The Labute approximate surface area is 184 Å². The number of likely N-dealkylation sites (tertiary alicyclic amines) is 1. The van der Waals surface area contributed by atoms with Gasteiger partial charge < -0.3 is 14.7 Å². The van der Waals surface area contributed by atoms with Crippen molar-refractivity contribution in [1.82, 2.24) is 20.0 Å². The number of benzene rings is 1. The Bertz CT molecular complexity index is 954. The maximum atomic E-state index is 13.4. The molecule has 0 saturated carbocycles. The Morgan fingerprint density at radius 3 is 2.69 bits per heavy atom. The standard InChI is InChI=1S/C22H27F3N4O3/c1-32-13-19(30)29-11-8-18-16(12-29)20(27-26-18)21(31)28-9-6-14(7-10-28)15-4-2-3-5-17(15)22(23,24)25/h2-5,14,19,30H,6-13H2,1H3,(H,26,27). The quantitative estimate of drug-likeness (QED) is 0.729. The van der Waals surface area contributed by atoms with Crippen LogP contribution in [0.2, 0.25) is 0 Å². The fourth-order valence-electron chi connectivity index (χ4n) is 4.66. The lowest BCUT2D eigenvalue weighted by atomic mass is 9.86. The molecule has 1 saturated heterocycles. The normalized spacial score (nSPS) is 19.1. The number of hydrogen-bond donors (Lipinski definition) is 2. The molecule has 2 aromatic rings. The van der Waals surface area contributed by atoms with E-state index < -0.39 is 18.0 Å². The summed E-state index contributed by atoms with van der Waals surface area (Å²) in [5.41, 5.74) is 1.67. The number of fused-ring (bicyclic) bond motifs is 1. The van der Waals surface area contributed by atoms with E-state index in [-0.39, 0.29) is 18.4 Å². The zero-order valence-corrected chi connectivity index (χ0v) is 17.9. The van der Waals surface area contributed by atoms with E-state index in [2.05, 4.69) is 10.2 Å². The lowest BCUT2D eigenvalue weighted by molar-refractivity contribution is -0.138. The molecule has 2 aliphatic heterocycles. The summed E-state index contributed by atoms with van der Waals surface area (Å²) in [5.74, 6) is -0.474. The predicted molar refractivity (Wildman–Crippen MR) is 110 cm³/mol. The Hall–Kier alpha value is -2.43. The predicted octanol–water partition coefficient (Wildman–Crippen LogP) is 2.77. The van der Waals surface area contributed by atoms with Gasteiger partial charge in [-0.15, -0.1) is 0 Å². The van der Waals surface area contributed by atoms with Crippen LogP contribution in [0.1, 0.15) is 51.6 Å². The minimum absolute atomic E-state index is 0.170. The second-order valence-corrected chi connectivity index (χ2v) is 8.34. The van der Waals surface area contributed by atoms with Crippen LogP contribution in [0.5, 0.6) is 0 Å². The highest BCUT2D eigenvalue weighted by Gasteiger charge is 2.37. The van der Waals surface area contributed by atoms with Crippen molar-refractivity contribution in [3.63, 3.8) is 0 Å². The van der Waals surface area contributed by atoms with Crippen LogP contribution in [0, 0.1) is 0 Å². The van der Waals surface area contributed by atoms with Gasteiger partial charge in [0.25, 0.3) is 5.91 Å². The Morgan fingerprint density at radius 1 is 1.28 bits per heavy atom. The van der Waals surface area contributed by atoms with Gasteiger partial charge >= 0.3 is 6.18 Å². The van der Waals surface area contributed by atoms with Crippen LogP contribution in [-0.4, -0.2) is 70.6 Å². The van der Waals surface area contributed by atoms with Crippen LogP contribution < -0.4 is 0 Å². The van der Waals surface area contributed by atoms with Crippen LogP contribution in [-0.2, 0) is 23.9 Å². The Kier molecular flexibility index (Phi) is 6.55. The summed E-state index contributed by atoms with van der Waals surface area (Å²) in [7, 11) is 1.52. The van der Waals surface area contributed by atoms with Crippen molar-refractivity contribution in [3.05, 3.63) is 52.3 Å². The zero-order valence-electron chi connectivity index (χ0n) is 17.9.